The molecule has 0 spiro atoms. The van der Waals surface area contributed by atoms with Crippen molar-refractivity contribution in [3.8, 4) is 0 Å². The van der Waals surface area contributed by atoms with E-state index < -0.39 is 5.97 Å². The number of amides is 1. The van der Waals surface area contributed by atoms with Crippen LogP contribution in [-0.4, -0.2) is 22.0 Å². The van der Waals surface area contributed by atoms with E-state index in [2.05, 4.69) is 10.3 Å². The summed E-state index contributed by atoms with van der Waals surface area (Å²) in [6.07, 6.45) is 4.24. The number of anilines is 1. The fraction of sp³-hybridized carbons (Fsp3) is 0.0667. The summed E-state index contributed by atoms with van der Waals surface area (Å²) in [5.74, 6) is -1.25. The molecule has 5 heteroatoms. The van der Waals surface area contributed by atoms with Crippen LogP contribution >= 0.6 is 0 Å². The maximum Gasteiger partial charge on any atom is 0.328 e. The summed E-state index contributed by atoms with van der Waals surface area (Å²) in [5, 5.41) is 11.4. The molecule has 1 aromatic heterocycles. The molecule has 1 heterocycles. The third kappa shape index (κ3) is 3.35. The first-order valence-electron chi connectivity index (χ1n) is 6.02. The van der Waals surface area contributed by atoms with E-state index in [-0.39, 0.29) is 5.91 Å². The summed E-state index contributed by atoms with van der Waals surface area (Å²) in [5.41, 5.74) is 2.76. The van der Waals surface area contributed by atoms with Crippen LogP contribution in [0.1, 0.15) is 21.6 Å². The number of rotatable bonds is 4. The Balaban J connectivity index is 2.19. The number of aromatic amines is 1. The summed E-state index contributed by atoms with van der Waals surface area (Å²) in [4.78, 5) is 25.2. The molecule has 20 heavy (non-hydrogen) atoms. The summed E-state index contributed by atoms with van der Waals surface area (Å²) in [6.45, 7) is 1.87. The highest BCUT2D eigenvalue weighted by molar-refractivity contribution is 6.03. The predicted molar refractivity (Wildman–Crippen MR) is 76.6 cm³/mol. The van der Waals surface area contributed by atoms with E-state index in [1.54, 1.807) is 30.5 Å². The van der Waals surface area contributed by atoms with Crippen LogP contribution in [0.3, 0.4) is 0 Å². The zero-order chi connectivity index (χ0) is 14.5. The van der Waals surface area contributed by atoms with E-state index >= 15 is 0 Å². The zero-order valence-electron chi connectivity index (χ0n) is 10.9. The molecule has 102 valence electrons. The first kappa shape index (κ1) is 13.6. The minimum Gasteiger partial charge on any atom is -0.478 e. The molecule has 0 aliphatic rings. The number of aliphatic carboxylic acids is 1. The Hall–Kier alpha value is -2.82. The van der Waals surface area contributed by atoms with Crippen LogP contribution in [0.4, 0.5) is 5.69 Å². The number of hydrogen-bond acceptors (Lipinski definition) is 2. The molecule has 0 unspecified atom stereocenters. The van der Waals surface area contributed by atoms with Crippen LogP contribution < -0.4 is 5.32 Å². The van der Waals surface area contributed by atoms with Crippen molar-refractivity contribution >= 4 is 23.6 Å². The van der Waals surface area contributed by atoms with Crippen LogP contribution in [0.2, 0.25) is 0 Å². The van der Waals surface area contributed by atoms with Gasteiger partial charge in [-0.3, -0.25) is 4.79 Å². The van der Waals surface area contributed by atoms with E-state index in [0.29, 0.717) is 11.4 Å². The van der Waals surface area contributed by atoms with Crippen molar-refractivity contribution in [2.45, 2.75) is 6.92 Å². The number of aromatic nitrogens is 1. The lowest BCUT2D eigenvalue weighted by atomic mass is 10.1. The van der Waals surface area contributed by atoms with Crippen LogP contribution in [0, 0.1) is 6.92 Å². The Bertz CT molecular complexity index is 658. The van der Waals surface area contributed by atoms with Crippen molar-refractivity contribution in [2.24, 2.45) is 0 Å². The molecule has 0 radical (unpaired) electrons. The fourth-order valence-electron chi connectivity index (χ4n) is 1.73. The van der Waals surface area contributed by atoms with Crippen molar-refractivity contribution in [2.75, 3.05) is 5.32 Å². The normalized spacial score (nSPS) is 10.7. The van der Waals surface area contributed by atoms with Crippen molar-refractivity contribution in [3.05, 3.63) is 59.4 Å². The minimum atomic E-state index is -1.01. The van der Waals surface area contributed by atoms with E-state index in [1.165, 1.54) is 6.08 Å². The van der Waals surface area contributed by atoms with Gasteiger partial charge in [-0.15, -0.1) is 0 Å². The molecule has 0 saturated heterocycles. The molecule has 1 aromatic carbocycles. The molecule has 3 N–H and O–H groups in total. The smallest absolute Gasteiger partial charge is 0.328 e. The average molecular weight is 270 g/mol. The van der Waals surface area contributed by atoms with Gasteiger partial charge in [-0.2, -0.15) is 0 Å². The largest absolute Gasteiger partial charge is 0.478 e. The average Bonchev–Trinajstić information content (AvgIpc) is 2.93. The van der Waals surface area contributed by atoms with Crippen molar-refractivity contribution in [1.29, 1.82) is 0 Å². The Kier molecular flexibility index (Phi) is 4.00. The Morgan fingerprint density at radius 2 is 2.10 bits per heavy atom. The standard InChI is InChI=1S/C15H14N2O3/c1-10-4-6-12(9-11(10)5-7-14(18)19)17-15(20)13-3-2-8-16-13/h2-9,16H,1H3,(H,17,20)(H,18,19). The lowest BCUT2D eigenvalue weighted by Crippen LogP contribution is -2.12. The van der Waals surface area contributed by atoms with Gasteiger partial charge in [-0.25, -0.2) is 4.79 Å². The second-order valence-corrected chi connectivity index (χ2v) is 4.28. The highest BCUT2D eigenvalue weighted by Crippen LogP contribution is 2.17. The van der Waals surface area contributed by atoms with Gasteiger partial charge in [0.05, 0.1) is 0 Å². The van der Waals surface area contributed by atoms with Gasteiger partial charge < -0.3 is 15.4 Å². The lowest BCUT2D eigenvalue weighted by Gasteiger charge is -2.07. The van der Waals surface area contributed by atoms with E-state index in [4.69, 9.17) is 5.11 Å². The number of carboxylic acids is 1. The summed E-state index contributed by atoms with van der Waals surface area (Å²) < 4.78 is 0. The first-order valence-corrected chi connectivity index (χ1v) is 6.02. The van der Waals surface area contributed by atoms with Gasteiger partial charge in [-0.1, -0.05) is 6.07 Å². The van der Waals surface area contributed by atoms with Crippen LogP contribution in [0.25, 0.3) is 6.08 Å². The van der Waals surface area contributed by atoms with E-state index in [1.807, 2.05) is 13.0 Å². The van der Waals surface area contributed by atoms with Gasteiger partial charge in [0.1, 0.15) is 5.69 Å². The lowest BCUT2D eigenvalue weighted by molar-refractivity contribution is -0.131. The second-order valence-electron chi connectivity index (χ2n) is 4.28. The van der Waals surface area contributed by atoms with Gasteiger partial charge >= 0.3 is 5.97 Å². The third-order valence-electron chi connectivity index (χ3n) is 2.79. The number of aryl methyl sites for hydroxylation is 1. The highest BCUT2D eigenvalue weighted by atomic mass is 16.4. The molecular formula is C15H14N2O3. The van der Waals surface area contributed by atoms with Crippen LogP contribution in [-0.2, 0) is 4.79 Å². The van der Waals surface area contributed by atoms with Crippen molar-refractivity contribution in [1.82, 2.24) is 4.98 Å². The Morgan fingerprint density at radius 3 is 2.75 bits per heavy atom. The number of carboxylic acid groups (broad SMARTS) is 1. The molecule has 0 aliphatic heterocycles. The topological polar surface area (TPSA) is 82.2 Å². The van der Waals surface area contributed by atoms with Gasteiger partial charge in [0.15, 0.2) is 0 Å². The fourth-order valence-corrected chi connectivity index (χ4v) is 1.73. The van der Waals surface area contributed by atoms with Crippen molar-refractivity contribution < 1.29 is 14.7 Å². The zero-order valence-corrected chi connectivity index (χ0v) is 10.9. The van der Waals surface area contributed by atoms with Crippen LogP contribution in [0.5, 0.6) is 0 Å². The maximum atomic E-state index is 11.9. The molecule has 1 amide bonds. The number of benzene rings is 1. The number of carbonyl (C=O) groups is 2. The highest BCUT2D eigenvalue weighted by Gasteiger charge is 2.07. The molecule has 0 atom stereocenters. The quantitative estimate of drug-likeness (QED) is 0.747. The second kappa shape index (κ2) is 5.88. The molecular weight excluding hydrogens is 256 g/mol. The van der Waals surface area contributed by atoms with Gasteiger partial charge in [0, 0.05) is 18.0 Å². The molecule has 0 bridgehead atoms. The summed E-state index contributed by atoms with van der Waals surface area (Å²) in [6, 6.07) is 8.75. The number of nitrogens with one attached hydrogen (secondary N) is 2. The Morgan fingerprint density at radius 1 is 1.30 bits per heavy atom. The molecule has 2 rings (SSSR count). The number of carbonyl (C=O) groups excluding carboxylic acids is 1. The van der Waals surface area contributed by atoms with E-state index in [9.17, 15) is 9.59 Å². The maximum absolute atomic E-state index is 11.9. The van der Waals surface area contributed by atoms with Gasteiger partial charge in [0.25, 0.3) is 5.91 Å². The van der Waals surface area contributed by atoms with Gasteiger partial charge in [-0.05, 0) is 48.4 Å². The monoisotopic (exact) mass is 270 g/mol. The Labute approximate surface area is 115 Å². The third-order valence-corrected chi connectivity index (χ3v) is 2.79. The molecule has 5 nitrogen and oxygen atoms in total. The number of hydrogen-bond donors (Lipinski definition) is 3. The minimum absolute atomic E-state index is 0.244. The van der Waals surface area contributed by atoms with Crippen molar-refractivity contribution in [3.63, 3.8) is 0 Å². The molecule has 0 aliphatic carbocycles. The first-order chi connectivity index (χ1) is 9.56. The van der Waals surface area contributed by atoms with Crippen LogP contribution in [0.15, 0.2) is 42.6 Å². The molecule has 0 fully saturated rings. The van der Waals surface area contributed by atoms with Gasteiger partial charge in [0.2, 0.25) is 0 Å². The SMILES string of the molecule is Cc1ccc(NC(=O)c2ccc[nH]2)cc1C=CC(=O)O. The molecule has 0 saturated carbocycles. The summed E-state index contributed by atoms with van der Waals surface area (Å²) in [7, 11) is 0. The predicted octanol–water partition coefficient (Wildman–Crippen LogP) is 2.67. The molecule has 2 aromatic rings. The number of H-pyrrole nitrogens is 1. The summed E-state index contributed by atoms with van der Waals surface area (Å²) >= 11 is 0. The van der Waals surface area contributed by atoms with E-state index in [0.717, 1.165) is 17.2 Å².